The summed E-state index contributed by atoms with van der Waals surface area (Å²) in [5.74, 6) is 1.77. The van der Waals surface area contributed by atoms with E-state index < -0.39 is 4.92 Å². The molecule has 0 aliphatic rings. The van der Waals surface area contributed by atoms with Crippen LogP contribution in [0.3, 0.4) is 0 Å². The van der Waals surface area contributed by atoms with Crippen molar-refractivity contribution in [2.24, 2.45) is 5.10 Å². The molecular formula is C26H33N5O4S. The van der Waals surface area contributed by atoms with Crippen molar-refractivity contribution in [1.29, 1.82) is 0 Å². The van der Waals surface area contributed by atoms with Gasteiger partial charge in [0.25, 0.3) is 0 Å². The minimum atomic E-state index is -0.486. The minimum Gasteiger partial charge on any atom is -0.493 e. The topological polar surface area (TPSA) is 105 Å². The number of hydrogen-bond donors (Lipinski definition) is 0. The molecule has 0 unspecified atom stereocenters. The van der Waals surface area contributed by atoms with Crippen molar-refractivity contribution >= 4 is 23.7 Å². The van der Waals surface area contributed by atoms with Gasteiger partial charge in [0.2, 0.25) is 10.9 Å². The smallest absolute Gasteiger partial charge is 0.315 e. The molecule has 0 aliphatic heterocycles. The molecular weight excluding hydrogens is 478 g/mol. The van der Waals surface area contributed by atoms with Gasteiger partial charge in [0.15, 0.2) is 11.6 Å². The van der Waals surface area contributed by atoms with E-state index in [1.165, 1.54) is 36.1 Å². The molecule has 10 heteroatoms. The molecule has 0 saturated heterocycles. The zero-order valence-corrected chi connectivity index (χ0v) is 22.6. The molecule has 36 heavy (non-hydrogen) atoms. The quantitative estimate of drug-likeness (QED) is 0.142. The third-order valence-electron chi connectivity index (χ3n) is 5.33. The van der Waals surface area contributed by atoms with Crippen LogP contribution in [0.4, 0.5) is 5.69 Å². The lowest BCUT2D eigenvalue weighted by Crippen LogP contribution is -2.10. The molecule has 0 N–H and O–H groups in total. The number of nitrogens with zero attached hydrogens (tertiary/aromatic N) is 5. The molecule has 1 aromatic heterocycles. The van der Waals surface area contributed by atoms with Crippen molar-refractivity contribution < 1.29 is 14.4 Å². The number of aromatic nitrogens is 3. The number of nitro benzene ring substituents is 1. The lowest BCUT2D eigenvalue weighted by atomic mass is 9.87. The predicted molar refractivity (Wildman–Crippen MR) is 143 cm³/mol. The van der Waals surface area contributed by atoms with E-state index in [4.69, 9.17) is 9.47 Å². The van der Waals surface area contributed by atoms with Crippen molar-refractivity contribution in [2.75, 3.05) is 7.11 Å². The second-order valence-electron chi connectivity index (χ2n) is 9.54. The van der Waals surface area contributed by atoms with Crippen LogP contribution in [0.25, 0.3) is 0 Å². The molecule has 0 fully saturated rings. The van der Waals surface area contributed by atoms with Gasteiger partial charge >= 0.3 is 5.69 Å². The number of rotatable bonds is 10. The first kappa shape index (κ1) is 27.2. The Hall–Kier alpha value is -3.40. The largest absolute Gasteiger partial charge is 0.493 e. The summed E-state index contributed by atoms with van der Waals surface area (Å²) in [6, 6.07) is 11.7. The summed E-state index contributed by atoms with van der Waals surface area (Å²) in [5.41, 5.74) is 2.88. The monoisotopic (exact) mass is 511 g/mol. The van der Waals surface area contributed by atoms with Crippen LogP contribution in [-0.2, 0) is 17.6 Å². The second kappa shape index (κ2) is 11.6. The molecule has 0 atom stereocenters. The van der Waals surface area contributed by atoms with E-state index in [2.05, 4.69) is 60.3 Å². The van der Waals surface area contributed by atoms with Crippen LogP contribution in [0, 0.1) is 10.1 Å². The highest BCUT2D eigenvalue weighted by atomic mass is 32.2. The lowest BCUT2D eigenvalue weighted by Gasteiger charge is -2.19. The Balaban J connectivity index is 1.87. The molecule has 0 amide bonds. The van der Waals surface area contributed by atoms with Crippen molar-refractivity contribution in [1.82, 2.24) is 14.9 Å². The number of benzene rings is 2. The molecule has 0 bridgehead atoms. The zero-order chi connectivity index (χ0) is 26.5. The molecule has 3 aromatic rings. The average Bonchev–Trinajstić information content (AvgIpc) is 3.22. The van der Waals surface area contributed by atoms with Gasteiger partial charge in [0, 0.05) is 23.8 Å². The predicted octanol–water partition coefficient (Wildman–Crippen LogP) is 6.02. The Morgan fingerprint density at radius 1 is 1.19 bits per heavy atom. The summed E-state index contributed by atoms with van der Waals surface area (Å²) in [7, 11) is 1.45. The van der Waals surface area contributed by atoms with E-state index in [0.717, 1.165) is 0 Å². The van der Waals surface area contributed by atoms with Gasteiger partial charge < -0.3 is 9.47 Å². The highest BCUT2D eigenvalue weighted by Gasteiger charge is 2.23. The first-order valence-corrected chi connectivity index (χ1v) is 12.8. The first-order valence-electron chi connectivity index (χ1n) is 11.8. The van der Waals surface area contributed by atoms with E-state index in [1.54, 1.807) is 30.8 Å². The number of ether oxygens (including phenoxy) is 2. The van der Waals surface area contributed by atoms with Gasteiger partial charge in [-0.2, -0.15) is 9.78 Å². The summed E-state index contributed by atoms with van der Waals surface area (Å²) in [4.78, 5) is 11.2. The lowest BCUT2D eigenvalue weighted by molar-refractivity contribution is -0.386. The van der Waals surface area contributed by atoms with Crippen molar-refractivity contribution in [3.63, 3.8) is 0 Å². The van der Waals surface area contributed by atoms with E-state index in [1.807, 2.05) is 6.92 Å². The van der Waals surface area contributed by atoms with Gasteiger partial charge in [0.05, 0.1) is 24.4 Å². The molecule has 2 aromatic carbocycles. The first-order chi connectivity index (χ1) is 17.0. The number of hydrogen-bond acceptors (Lipinski definition) is 8. The number of methoxy groups -OCH3 is 1. The summed E-state index contributed by atoms with van der Waals surface area (Å²) in [6.07, 6.45) is 1.93. The van der Waals surface area contributed by atoms with Crippen LogP contribution in [-0.4, -0.2) is 39.2 Å². The Kier molecular flexibility index (Phi) is 8.73. The van der Waals surface area contributed by atoms with E-state index in [-0.39, 0.29) is 28.7 Å². The number of nitro groups is 1. The molecule has 1 heterocycles. The van der Waals surface area contributed by atoms with Crippen LogP contribution < -0.4 is 9.47 Å². The highest BCUT2D eigenvalue weighted by molar-refractivity contribution is 7.98. The molecule has 9 nitrogen and oxygen atoms in total. The zero-order valence-electron chi connectivity index (χ0n) is 21.8. The third-order valence-corrected chi connectivity index (χ3v) is 6.32. The van der Waals surface area contributed by atoms with Crippen LogP contribution in [0.2, 0.25) is 0 Å². The Morgan fingerprint density at radius 2 is 1.89 bits per heavy atom. The molecule has 192 valence electrons. The highest BCUT2D eigenvalue weighted by Crippen LogP contribution is 2.38. The third kappa shape index (κ3) is 6.63. The standard InChI is InChI=1S/C26H33N5O4S/c1-8-23-28-29-25(36-16-18-9-11-20(12-10-18)26(4,5)6)30(23)27-15-19-13-21(31(32)33)24(35-17(2)3)22(14-19)34-7/h9-15,17H,8,16H2,1-7H3/b27-15-. The normalized spacial score (nSPS) is 11.9. The van der Waals surface area contributed by atoms with E-state index in [0.29, 0.717) is 28.7 Å². The second-order valence-corrected chi connectivity index (χ2v) is 10.5. The SMILES string of the molecule is CCc1nnc(SCc2ccc(C(C)(C)C)cc2)n1/N=C\c1cc(OC)c(OC(C)C)c([N+](=O)[O-])c1. The summed E-state index contributed by atoms with van der Waals surface area (Å²) in [5, 5.41) is 25.5. The molecule has 3 rings (SSSR count). The van der Waals surface area contributed by atoms with Gasteiger partial charge in [-0.05, 0) is 36.5 Å². The summed E-state index contributed by atoms with van der Waals surface area (Å²) < 4.78 is 12.7. The summed E-state index contributed by atoms with van der Waals surface area (Å²) >= 11 is 1.53. The fourth-order valence-corrected chi connectivity index (χ4v) is 4.28. The van der Waals surface area contributed by atoms with Gasteiger partial charge in [-0.3, -0.25) is 10.1 Å². The molecule has 0 aliphatic carbocycles. The van der Waals surface area contributed by atoms with Gasteiger partial charge in [-0.25, -0.2) is 0 Å². The average molecular weight is 512 g/mol. The molecule has 0 spiro atoms. The van der Waals surface area contributed by atoms with E-state index in [9.17, 15) is 10.1 Å². The Morgan fingerprint density at radius 3 is 2.44 bits per heavy atom. The van der Waals surface area contributed by atoms with Crippen molar-refractivity contribution in [3.05, 3.63) is 69.0 Å². The van der Waals surface area contributed by atoms with Gasteiger partial charge in [-0.15, -0.1) is 10.2 Å². The maximum atomic E-state index is 11.7. The summed E-state index contributed by atoms with van der Waals surface area (Å²) in [6.45, 7) is 12.2. The molecule has 0 saturated carbocycles. The number of aryl methyl sites for hydroxylation is 1. The minimum absolute atomic E-state index is 0.0990. The fourth-order valence-electron chi connectivity index (χ4n) is 3.42. The van der Waals surface area contributed by atoms with Crippen LogP contribution in [0.1, 0.15) is 64.1 Å². The van der Waals surface area contributed by atoms with Crippen molar-refractivity contribution in [2.45, 2.75) is 70.4 Å². The molecule has 0 radical (unpaired) electrons. The van der Waals surface area contributed by atoms with Crippen LogP contribution >= 0.6 is 11.8 Å². The maximum Gasteiger partial charge on any atom is 0.315 e. The Labute approximate surface area is 216 Å². The van der Waals surface area contributed by atoms with Gasteiger partial charge in [0.1, 0.15) is 0 Å². The maximum absolute atomic E-state index is 11.7. The number of thioether (sulfide) groups is 1. The van der Waals surface area contributed by atoms with E-state index >= 15 is 0 Å². The van der Waals surface area contributed by atoms with Crippen molar-refractivity contribution in [3.8, 4) is 11.5 Å². The van der Waals surface area contributed by atoms with Crippen LogP contribution in [0.15, 0.2) is 46.7 Å². The van der Waals surface area contributed by atoms with Gasteiger partial charge in [-0.1, -0.05) is 63.7 Å². The fraction of sp³-hybridized carbons (Fsp3) is 0.423. The Bertz CT molecular complexity index is 1230. The van der Waals surface area contributed by atoms with Crippen LogP contribution in [0.5, 0.6) is 11.5 Å².